The molecule has 3 heterocycles. The number of benzene rings is 1. The van der Waals surface area contributed by atoms with Crippen molar-refractivity contribution in [2.45, 2.75) is 36.0 Å². The molecule has 2 aliphatic rings. The van der Waals surface area contributed by atoms with E-state index in [9.17, 15) is 26.4 Å². The third kappa shape index (κ3) is 4.77. The molecule has 2 aromatic rings. The first kappa shape index (κ1) is 24.1. The molecule has 2 fully saturated rings. The van der Waals surface area contributed by atoms with Gasteiger partial charge in [-0.3, -0.25) is 9.59 Å². The molecule has 1 aromatic carbocycles. The van der Waals surface area contributed by atoms with Gasteiger partial charge in [0.05, 0.1) is 19.5 Å². The van der Waals surface area contributed by atoms with Crippen LogP contribution in [-0.4, -0.2) is 70.2 Å². The molecule has 4 rings (SSSR count). The zero-order valence-electron chi connectivity index (χ0n) is 18.5. The largest absolute Gasteiger partial charge is 0.338 e. The first-order valence-electron chi connectivity index (χ1n) is 10.6. The minimum Gasteiger partial charge on any atom is -0.338 e. The van der Waals surface area contributed by atoms with Crippen molar-refractivity contribution in [3.05, 3.63) is 46.2 Å². The van der Waals surface area contributed by atoms with E-state index in [1.165, 1.54) is 46.8 Å². The molecule has 0 aliphatic carbocycles. The van der Waals surface area contributed by atoms with Gasteiger partial charge in [0.2, 0.25) is 10.0 Å². The Bertz CT molecular complexity index is 1290. The van der Waals surface area contributed by atoms with Gasteiger partial charge in [0.15, 0.2) is 15.6 Å². The van der Waals surface area contributed by atoms with Crippen LogP contribution in [0.5, 0.6) is 0 Å². The van der Waals surface area contributed by atoms with Gasteiger partial charge in [-0.2, -0.15) is 4.31 Å². The average molecular weight is 511 g/mol. The van der Waals surface area contributed by atoms with Crippen LogP contribution in [0.2, 0.25) is 0 Å². The number of ketones is 1. The van der Waals surface area contributed by atoms with Crippen LogP contribution < -0.4 is 0 Å². The SMILES string of the molecule is CC(=O)c1ccc(C(=O)N2CCC3(CC2)CCN(S(=O)(=O)c2ccc(S(C)(=O)=O)cc2)C3)s1. The minimum absolute atomic E-state index is 0.0603. The first-order chi connectivity index (χ1) is 15.4. The molecule has 178 valence electrons. The Labute approximate surface area is 198 Å². The Morgan fingerprint density at radius 1 is 0.848 bits per heavy atom. The fourth-order valence-corrected chi connectivity index (χ4v) is 7.55. The van der Waals surface area contributed by atoms with Gasteiger partial charge < -0.3 is 4.90 Å². The molecule has 8 nitrogen and oxygen atoms in total. The monoisotopic (exact) mass is 510 g/mol. The van der Waals surface area contributed by atoms with Crippen molar-refractivity contribution < 1.29 is 26.4 Å². The molecule has 0 N–H and O–H groups in total. The number of sulfonamides is 1. The summed E-state index contributed by atoms with van der Waals surface area (Å²) in [6.45, 7) is 3.35. The fourth-order valence-electron chi connectivity index (χ4n) is 4.50. The molecule has 33 heavy (non-hydrogen) atoms. The molecular formula is C22H26N2O6S3. The predicted molar refractivity (Wildman–Crippen MR) is 125 cm³/mol. The van der Waals surface area contributed by atoms with E-state index in [0.29, 0.717) is 48.8 Å². The van der Waals surface area contributed by atoms with E-state index in [1.807, 2.05) is 0 Å². The molecule has 0 saturated carbocycles. The first-order valence-corrected chi connectivity index (χ1v) is 14.8. The highest BCUT2D eigenvalue weighted by molar-refractivity contribution is 7.90. The van der Waals surface area contributed by atoms with E-state index in [2.05, 4.69) is 0 Å². The van der Waals surface area contributed by atoms with Crippen LogP contribution in [0.15, 0.2) is 46.2 Å². The highest BCUT2D eigenvalue weighted by Crippen LogP contribution is 2.42. The highest BCUT2D eigenvalue weighted by Gasteiger charge is 2.45. The number of Topliss-reactive ketones (excluding diaryl/α,β-unsaturated/α-hetero) is 1. The molecule has 11 heteroatoms. The Kier molecular flexibility index (Phi) is 6.27. The van der Waals surface area contributed by atoms with Crippen molar-refractivity contribution in [3.63, 3.8) is 0 Å². The molecule has 0 radical (unpaired) electrons. The van der Waals surface area contributed by atoms with E-state index in [4.69, 9.17) is 0 Å². The van der Waals surface area contributed by atoms with E-state index >= 15 is 0 Å². The molecule has 1 amide bonds. The summed E-state index contributed by atoms with van der Waals surface area (Å²) < 4.78 is 51.0. The number of hydrogen-bond donors (Lipinski definition) is 0. The number of amides is 1. The number of carbonyl (C=O) groups excluding carboxylic acids is 2. The van der Waals surface area contributed by atoms with Gasteiger partial charge in [-0.15, -0.1) is 11.3 Å². The van der Waals surface area contributed by atoms with Crippen LogP contribution >= 0.6 is 11.3 Å². The van der Waals surface area contributed by atoms with E-state index in [-0.39, 0.29) is 26.9 Å². The van der Waals surface area contributed by atoms with Gasteiger partial charge in [0, 0.05) is 32.4 Å². The molecule has 2 saturated heterocycles. The fraction of sp³-hybridized carbons (Fsp3) is 0.455. The summed E-state index contributed by atoms with van der Waals surface area (Å²) in [7, 11) is -7.13. The maximum Gasteiger partial charge on any atom is 0.263 e. The standard InChI is InChI=1S/C22H26N2O6S3/c1-16(25)19-7-8-20(31-19)21(26)23-12-9-22(10-13-23)11-14-24(15-22)33(29,30)18-5-3-17(4-6-18)32(2,27)28/h3-8H,9-15H2,1-2H3. The van der Waals surface area contributed by atoms with Gasteiger partial charge in [-0.25, -0.2) is 16.8 Å². The normalized spacial score (nSPS) is 19.2. The summed E-state index contributed by atoms with van der Waals surface area (Å²) in [4.78, 5) is 27.4. The molecule has 1 aromatic heterocycles. The van der Waals surface area contributed by atoms with Gasteiger partial charge in [-0.05, 0) is 68.0 Å². The number of sulfone groups is 1. The third-order valence-electron chi connectivity index (χ3n) is 6.57. The molecule has 0 atom stereocenters. The van der Waals surface area contributed by atoms with Crippen molar-refractivity contribution in [2.24, 2.45) is 5.41 Å². The van der Waals surface area contributed by atoms with Crippen LogP contribution in [0.3, 0.4) is 0 Å². The Hall–Kier alpha value is -2.08. The molecule has 2 aliphatic heterocycles. The summed E-state index contributed by atoms with van der Waals surface area (Å²) in [6.07, 6.45) is 3.23. The lowest BCUT2D eigenvalue weighted by atomic mass is 9.78. The third-order valence-corrected chi connectivity index (χ3v) is 10.7. The summed E-state index contributed by atoms with van der Waals surface area (Å²) in [6, 6.07) is 8.68. The lowest BCUT2D eigenvalue weighted by molar-refractivity contribution is 0.0604. The van der Waals surface area contributed by atoms with Crippen molar-refractivity contribution in [2.75, 3.05) is 32.4 Å². The van der Waals surface area contributed by atoms with Crippen LogP contribution in [0.4, 0.5) is 0 Å². The average Bonchev–Trinajstić information content (AvgIpc) is 3.42. The van der Waals surface area contributed by atoms with Crippen LogP contribution in [0.25, 0.3) is 0 Å². The zero-order chi connectivity index (χ0) is 24.0. The lowest BCUT2D eigenvalue weighted by Gasteiger charge is -2.39. The summed E-state index contributed by atoms with van der Waals surface area (Å²) in [5.74, 6) is -0.148. The van der Waals surface area contributed by atoms with Crippen LogP contribution in [0.1, 0.15) is 45.5 Å². The summed E-state index contributed by atoms with van der Waals surface area (Å²) in [5, 5.41) is 0. The smallest absolute Gasteiger partial charge is 0.263 e. The van der Waals surface area contributed by atoms with Gasteiger partial charge in [0.25, 0.3) is 5.91 Å². The molecule has 0 bridgehead atoms. The Balaban J connectivity index is 1.41. The second kappa shape index (κ2) is 8.61. The zero-order valence-corrected chi connectivity index (χ0v) is 20.9. The maximum atomic E-state index is 13.1. The summed E-state index contributed by atoms with van der Waals surface area (Å²) >= 11 is 1.20. The number of carbonyl (C=O) groups is 2. The van der Waals surface area contributed by atoms with Crippen molar-refractivity contribution in [1.82, 2.24) is 9.21 Å². The topological polar surface area (TPSA) is 109 Å². The second-order valence-electron chi connectivity index (χ2n) is 8.84. The van der Waals surface area contributed by atoms with E-state index in [0.717, 1.165) is 12.7 Å². The lowest BCUT2D eigenvalue weighted by Crippen LogP contribution is -2.44. The molecule has 0 unspecified atom stereocenters. The number of nitrogens with zero attached hydrogens (tertiary/aromatic N) is 2. The summed E-state index contributed by atoms with van der Waals surface area (Å²) in [5.41, 5.74) is -0.170. The highest BCUT2D eigenvalue weighted by atomic mass is 32.2. The Morgan fingerprint density at radius 3 is 1.94 bits per heavy atom. The van der Waals surface area contributed by atoms with E-state index in [1.54, 1.807) is 17.0 Å². The predicted octanol–water partition coefficient (Wildman–Crippen LogP) is 2.67. The van der Waals surface area contributed by atoms with Crippen molar-refractivity contribution in [3.8, 4) is 0 Å². The minimum atomic E-state index is -3.73. The number of piperidine rings is 1. The Morgan fingerprint density at radius 2 is 1.39 bits per heavy atom. The van der Waals surface area contributed by atoms with Crippen molar-refractivity contribution in [1.29, 1.82) is 0 Å². The van der Waals surface area contributed by atoms with Crippen LogP contribution in [0, 0.1) is 5.41 Å². The number of hydrogen-bond acceptors (Lipinski definition) is 7. The molecular weight excluding hydrogens is 484 g/mol. The number of rotatable bonds is 5. The van der Waals surface area contributed by atoms with Crippen LogP contribution in [-0.2, 0) is 19.9 Å². The quantitative estimate of drug-likeness (QED) is 0.572. The maximum absolute atomic E-state index is 13.1. The number of likely N-dealkylation sites (tertiary alicyclic amines) is 1. The second-order valence-corrected chi connectivity index (χ2v) is 13.9. The number of thiophene rings is 1. The molecule has 1 spiro atoms. The van der Waals surface area contributed by atoms with Gasteiger partial charge in [-0.1, -0.05) is 0 Å². The van der Waals surface area contributed by atoms with Gasteiger partial charge in [0.1, 0.15) is 0 Å². The van der Waals surface area contributed by atoms with Gasteiger partial charge >= 0.3 is 0 Å². The van der Waals surface area contributed by atoms with Crippen molar-refractivity contribution >= 4 is 42.9 Å². The van der Waals surface area contributed by atoms with E-state index < -0.39 is 19.9 Å².